The molecule has 0 fully saturated rings. The summed E-state index contributed by atoms with van der Waals surface area (Å²) in [7, 11) is 1.57. The van der Waals surface area contributed by atoms with Crippen molar-refractivity contribution < 1.29 is 18.7 Å². The van der Waals surface area contributed by atoms with Gasteiger partial charge in [0.05, 0.1) is 12.2 Å². The van der Waals surface area contributed by atoms with E-state index in [1.54, 1.807) is 14.0 Å². The van der Waals surface area contributed by atoms with Crippen LogP contribution in [0.5, 0.6) is 0 Å². The Morgan fingerprint density at radius 3 is 2.75 bits per heavy atom. The Kier molecular flexibility index (Phi) is 3.99. The molecule has 0 saturated carbocycles. The Morgan fingerprint density at radius 1 is 1.40 bits per heavy atom. The maximum atomic E-state index is 12.2. The molecule has 0 atom stereocenters. The van der Waals surface area contributed by atoms with Crippen molar-refractivity contribution in [3.63, 3.8) is 0 Å². The van der Waals surface area contributed by atoms with E-state index in [1.807, 2.05) is 13.8 Å². The number of rotatable bonds is 4. The first-order chi connectivity index (χ1) is 9.35. The fraction of sp³-hybridized carbons (Fsp3) is 0.600. The van der Waals surface area contributed by atoms with Gasteiger partial charge in [0, 0.05) is 32.1 Å². The van der Waals surface area contributed by atoms with E-state index < -0.39 is 0 Å². The van der Waals surface area contributed by atoms with Crippen LogP contribution in [0.25, 0.3) is 0 Å². The number of nitrogens with one attached hydrogen (secondary N) is 1. The smallest absolute Gasteiger partial charge is 0.287 e. The Balaban J connectivity index is 2.26. The third-order valence-corrected chi connectivity index (χ3v) is 3.57. The third kappa shape index (κ3) is 2.77. The molecule has 110 valence electrons. The van der Waals surface area contributed by atoms with Crippen LogP contribution in [0.2, 0.25) is 0 Å². The van der Waals surface area contributed by atoms with E-state index in [0.717, 1.165) is 0 Å². The second kappa shape index (κ2) is 5.40. The van der Waals surface area contributed by atoms with Gasteiger partial charge in [-0.15, -0.1) is 0 Å². The van der Waals surface area contributed by atoms with E-state index in [2.05, 4.69) is 5.32 Å². The Bertz CT molecular complexity index is 542. The molecule has 1 aromatic heterocycles. The number of methoxy groups -OCH3 is 1. The fourth-order valence-corrected chi connectivity index (χ4v) is 2.65. The molecule has 1 amide bonds. The average Bonchev–Trinajstić information content (AvgIpc) is 2.65. The average molecular weight is 279 g/mol. The molecule has 0 aliphatic heterocycles. The van der Waals surface area contributed by atoms with Crippen molar-refractivity contribution in [2.75, 3.05) is 20.3 Å². The third-order valence-electron chi connectivity index (χ3n) is 3.57. The first-order valence-corrected chi connectivity index (χ1v) is 6.78. The Hall–Kier alpha value is -1.62. The minimum absolute atomic E-state index is 0.0634. The van der Waals surface area contributed by atoms with Crippen molar-refractivity contribution in [3.8, 4) is 0 Å². The molecule has 2 rings (SSSR count). The van der Waals surface area contributed by atoms with E-state index >= 15 is 0 Å². The molecular weight excluding hydrogens is 258 g/mol. The number of hydrogen-bond acceptors (Lipinski definition) is 4. The zero-order chi connectivity index (χ0) is 14.9. The van der Waals surface area contributed by atoms with Crippen LogP contribution in [0.15, 0.2) is 4.42 Å². The number of carbonyl (C=O) groups is 2. The molecule has 0 saturated heterocycles. The summed E-state index contributed by atoms with van der Waals surface area (Å²) < 4.78 is 10.5. The highest BCUT2D eigenvalue weighted by atomic mass is 16.5. The van der Waals surface area contributed by atoms with Crippen LogP contribution in [-0.2, 0) is 11.2 Å². The van der Waals surface area contributed by atoms with Gasteiger partial charge in [0.25, 0.3) is 5.91 Å². The normalized spacial score (nSPS) is 16.9. The second-order valence-corrected chi connectivity index (χ2v) is 6.04. The van der Waals surface area contributed by atoms with Crippen LogP contribution in [-0.4, -0.2) is 32.0 Å². The Labute approximate surface area is 118 Å². The number of hydrogen-bond donors (Lipinski definition) is 1. The SMILES string of the molecule is COCCNC(=O)c1oc2c(c1C)C(=O)CC(C)(C)C2. The van der Waals surface area contributed by atoms with Crippen LogP contribution in [0.4, 0.5) is 0 Å². The van der Waals surface area contributed by atoms with Gasteiger partial charge in [-0.1, -0.05) is 13.8 Å². The molecule has 1 heterocycles. The topological polar surface area (TPSA) is 68.5 Å². The Morgan fingerprint density at radius 2 is 2.10 bits per heavy atom. The summed E-state index contributed by atoms with van der Waals surface area (Å²) in [5.74, 6) is 0.658. The number of Topliss-reactive ketones (excluding diaryl/α,β-unsaturated/α-hetero) is 1. The quantitative estimate of drug-likeness (QED) is 0.857. The first-order valence-electron chi connectivity index (χ1n) is 6.78. The number of carbonyl (C=O) groups excluding carboxylic acids is 2. The van der Waals surface area contributed by atoms with Gasteiger partial charge in [0.15, 0.2) is 11.5 Å². The van der Waals surface area contributed by atoms with Gasteiger partial charge in [-0.3, -0.25) is 9.59 Å². The summed E-state index contributed by atoms with van der Waals surface area (Å²) in [6, 6.07) is 0. The van der Waals surface area contributed by atoms with Gasteiger partial charge in [-0.05, 0) is 12.3 Å². The van der Waals surface area contributed by atoms with E-state index in [9.17, 15) is 9.59 Å². The lowest BCUT2D eigenvalue weighted by Crippen LogP contribution is -2.27. The molecule has 0 unspecified atom stereocenters. The summed E-state index contributed by atoms with van der Waals surface area (Å²) >= 11 is 0. The van der Waals surface area contributed by atoms with Crippen LogP contribution in [0.1, 0.15) is 52.5 Å². The zero-order valence-corrected chi connectivity index (χ0v) is 12.5. The van der Waals surface area contributed by atoms with Crippen LogP contribution < -0.4 is 5.32 Å². The second-order valence-electron chi connectivity index (χ2n) is 6.04. The molecule has 1 aromatic rings. The first kappa shape index (κ1) is 14.8. The maximum Gasteiger partial charge on any atom is 0.287 e. The van der Waals surface area contributed by atoms with E-state index in [4.69, 9.17) is 9.15 Å². The molecule has 0 spiro atoms. The summed E-state index contributed by atoms with van der Waals surface area (Å²) in [4.78, 5) is 24.3. The molecule has 1 aliphatic rings. The zero-order valence-electron chi connectivity index (χ0n) is 12.5. The lowest BCUT2D eigenvalue weighted by molar-refractivity contribution is 0.0883. The molecular formula is C15H21NO4. The van der Waals surface area contributed by atoms with Crippen molar-refractivity contribution in [2.24, 2.45) is 5.41 Å². The number of ketones is 1. The molecule has 0 radical (unpaired) electrons. The predicted octanol–water partition coefficient (Wildman–Crippen LogP) is 2.12. The standard InChI is InChI=1S/C15H21NO4/c1-9-12-10(17)7-15(2,3)8-11(12)20-13(9)14(18)16-5-6-19-4/h5-8H2,1-4H3,(H,16,18). The van der Waals surface area contributed by atoms with E-state index in [0.29, 0.717) is 42.9 Å². The van der Waals surface area contributed by atoms with Crippen molar-refractivity contribution in [1.82, 2.24) is 5.32 Å². The summed E-state index contributed by atoms with van der Waals surface area (Å²) in [5, 5.41) is 2.72. The number of fused-ring (bicyclic) bond motifs is 1. The molecule has 5 heteroatoms. The fourth-order valence-electron chi connectivity index (χ4n) is 2.65. The lowest BCUT2D eigenvalue weighted by atomic mass is 9.76. The maximum absolute atomic E-state index is 12.2. The van der Waals surface area contributed by atoms with Crippen molar-refractivity contribution >= 4 is 11.7 Å². The van der Waals surface area contributed by atoms with E-state index in [-0.39, 0.29) is 22.9 Å². The van der Waals surface area contributed by atoms with Gasteiger partial charge in [0.1, 0.15) is 5.76 Å². The molecule has 1 aliphatic carbocycles. The number of ether oxygens (including phenoxy) is 1. The van der Waals surface area contributed by atoms with Gasteiger partial charge < -0.3 is 14.5 Å². The van der Waals surface area contributed by atoms with E-state index in [1.165, 1.54) is 0 Å². The highest BCUT2D eigenvalue weighted by molar-refractivity contribution is 6.03. The van der Waals surface area contributed by atoms with Gasteiger partial charge in [-0.25, -0.2) is 0 Å². The largest absolute Gasteiger partial charge is 0.455 e. The highest BCUT2D eigenvalue weighted by Crippen LogP contribution is 2.38. The monoisotopic (exact) mass is 279 g/mol. The summed E-state index contributed by atoms with van der Waals surface area (Å²) in [6.07, 6.45) is 1.17. The number of furan rings is 1. The molecule has 5 nitrogen and oxygen atoms in total. The molecule has 20 heavy (non-hydrogen) atoms. The lowest BCUT2D eigenvalue weighted by Gasteiger charge is -2.27. The van der Waals surface area contributed by atoms with Crippen LogP contribution in [0.3, 0.4) is 0 Å². The van der Waals surface area contributed by atoms with Crippen LogP contribution >= 0.6 is 0 Å². The molecule has 0 aromatic carbocycles. The van der Waals surface area contributed by atoms with Crippen molar-refractivity contribution in [3.05, 3.63) is 22.6 Å². The molecule has 0 bridgehead atoms. The summed E-state index contributed by atoms with van der Waals surface area (Å²) in [6.45, 7) is 6.69. The van der Waals surface area contributed by atoms with Gasteiger partial charge in [-0.2, -0.15) is 0 Å². The highest BCUT2D eigenvalue weighted by Gasteiger charge is 2.36. The van der Waals surface area contributed by atoms with Gasteiger partial charge >= 0.3 is 0 Å². The predicted molar refractivity (Wildman–Crippen MR) is 74.1 cm³/mol. The minimum Gasteiger partial charge on any atom is -0.455 e. The summed E-state index contributed by atoms with van der Waals surface area (Å²) in [5.41, 5.74) is 1.13. The van der Waals surface area contributed by atoms with Crippen LogP contribution in [0, 0.1) is 12.3 Å². The number of amides is 1. The van der Waals surface area contributed by atoms with Crippen molar-refractivity contribution in [2.45, 2.75) is 33.6 Å². The minimum atomic E-state index is -0.292. The van der Waals surface area contributed by atoms with Gasteiger partial charge in [0.2, 0.25) is 0 Å². The molecule has 1 N–H and O–H groups in total. The van der Waals surface area contributed by atoms with Crippen molar-refractivity contribution in [1.29, 1.82) is 0 Å².